The summed E-state index contributed by atoms with van der Waals surface area (Å²) in [5.41, 5.74) is 1.49. The Labute approximate surface area is 66.1 Å². The van der Waals surface area contributed by atoms with E-state index in [1.54, 1.807) is 0 Å². The zero-order valence-electron chi connectivity index (χ0n) is 6.23. The van der Waals surface area contributed by atoms with Gasteiger partial charge in [-0.05, 0) is 12.0 Å². The van der Waals surface area contributed by atoms with Gasteiger partial charge < -0.3 is 4.74 Å². The van der Waals surface area contributed by atoms with Gasteiger partial charge in [0.2, 0.25) is 0 Å². The standard InChI is InChI=1S/C10H10O/c1-2-4-8-7(3-1)9-5-6-10(8)11-9/h1,3-7,9-10H,2H2/t7-,9-,10+/m0/s1. The summed E-state index contributed by atoms with van der Waals surface area (Å²) >= 11 is 0. The van der Waals surface area contributed by atoms with Gasteiger partial charge in [0.25, 0.3) is 0 Å². The highest BCUT2D eigenvalue weighted by Crippen LogP contribution is 2.40. The molecule has 0 radical (unpaired) electrons. The Kier molecular flexibility index (Phi) is 0.977. The Balaban J connectivity index is 2.09. The van der Waals surface area contributed by atoms with E-state index in [0.29, 0.717) is 18.1 Å². The van der Waals surface area contributed by atoms with E-state index in [9.17, 15) is 0 Å². The maximum absolute atomic E-state index is 5.69. The highest BCUT2D eigenvalue weighted by Gasteiger charge is 2.39. The summed E-state index contributed by atoms with van der Waals surface area (Å²) in [5.74, 6) is 0.568. The summed E-state index contributed by atoms with van der Waals surface area (Å²) in [6, 6.07) is 0. The lowest BCUT2D eigenvalue weighted by molar-refractivity contribution is 0.118. The van der Waals surface area contributed by atoms with E-state index in [-0.39, 0.29) is 0 Å². The van der Waals surface area contributed by atoms with Crippen LogP contribution in [0.15, 0.2) is 36.0 Å². The van der Waals surface area contributed by atoms with Crippen LogP contribution in [0.5, 0.6) is 0 Å². The average molecular weight is 146 g/mol. The summed E-state index contributed by atoms with van der Waals surface area (Å²) in [7, 11) is 0. The van der Waals surface area contributed by atoms with Gasteiger partial charge in [-0.15, -0.1) is 0 Å². The molecular weight excluding hydrogens is 136 g/mol. The number of rotatable bonds is 0. The third-order valence-electron chi connectivity index (χ3n) is 2.68. The molecule has 3 atom stereocenters. The van der Waals surface area contributed by atoms with Gasteiger partial charge >= 0.3 is 0 Å². The number of allylic oxidation sites excluding steroid dienone is 2. The SMILES string of the molecule is C1=C[C@H]2C(=CC1)[C@H]1C=C[C@@H]2O1. The quantitative estimate of drug-likeness (QED) is 0.474. The van der Waals surface area contributed by atoms with E-state index in [2.05, 4.69) is 30.4 Å². The minimum absolute atomic E-state index is 0.315. The van der Waals surface area contributed by atoms with Crippen molar-refractivity contribution >= 4 is 0 Å². The maximum Gasteiger partial charge on any atom is 0.0983 e. The van der Waals surface area contributed by atoms with Crippen molar-refractivity contribution in [3.05, 3.63) is 36.0 Å². The third kappa shape index (κ3) is 0.641. The van der Waals surface area contributed by atoms with E-state index in [1.807, 2.05) is 0 Å². The fraction of sp³-hybridized carbons (Fsp3) is 0.400. The first-order chi connectivity index (χ1) is 5.45. The molecule has 0 N–H and O–H groups in total. The molecule has 56 valence electrons. The lowest BCUT2D eigenvalue weighted by atomic mass is 9.85. The first kappa shape index (κ1) is 5.78. The zero-order valence-corrected chi connectivity index (χ0v) is 6.23. The van der Waals surface area contributed by atoms with Crippen molar-refractivity contribution in [2.24, 2.45) is 5.92 Å². The largest absolute Gasteiger partial charge is 0.361 e. The lowest BCUT2D eigenvalue weighted by Gasteiger charge is -2.16. The van der Waals surface area contributed by atoms with E-state index in [4.69, 9.17) is 4.74 Å². The molecule has 2 bridgehead atoms. The van der Waals surface area contributed by atoms with Crippen molar-refractivity contribution in [3.8, 4) is 0 Å². The van der Waals surface area contributed by atoms with Gasteiger partial charge in [-0.2, -0.15) is 0 Å². The predicted octanol–water partition coefficient (Wildman–Crippen LogP) is 1.83. The van der Waals surface area contributed by atoms with Gasteiger partial charge in [0.15, 0.2) is 0 Å². The van der Waals surface area contributed by atoms with Gasteiger partial charge in [0.1, 0.15) is 0 Å². The Hall–Kier alpha value is -0.820. The van der Waals surface area contributed by atoms with E-state index in [1.165, 1.54) is 5.57 Å². The number of hydrogen-bond acceptors (Lipinski definition) is 1. The average Bonchev–Trinajstić information content (AvgIpc) is 2.64. The van der Waals surface area contributed by atoms with Crippen LogP contribution in [0.2, 0.25) is 0 Å². The molecule has 1 nitrogen and oxygen atoms in total. The second kappa shape index (κ2) is 1.86. The minimum Gasteiger partial charge on any atom is -0.361 e. The minimum atomic E-state index is 0.315. The molecule has 0 aromatic rings. The Morgan fingerprint density at radius 3 is 3.18 bits per heavy atom. The highest BCUT2D eigenvalue weighted by molar-refractivity contribution is 5.37. The molecule has 0 saturated carbocycles. The molecule has 11 heavy (non-hydrogen) atoms. The molecule has 1 heteroatoms. The predicted molar refractivity (Wildman–Crippen MR) is 43.1 cm³/mol. The molecule has 1 saturated heterocycles. The maximum atomic E-state index is 5.69. The van der Waals surface area contributed by atoms with Crippen LogP contribution >= 0.6 is 0 Å². The lowest BCUT2D eigenvalue weighted by Crippen LogP contribution is -2.14. The molecule has 0 aromatic carbocycles. The van der Waals surface area contributed by atoms with Crippen LogP contribution in [-0.2, 0) is 4.74 Å². The number of fused-ring (bicyclic) bond motifs is 5. The first-order valence-corrected chi connectivity index (χ1v) is 4.15. The van der Waals surface area contributed by atoms with E-state index >= 15 is 0 Å². The van der Waals surface area contributed by atoms with Gasteiger partial charge in [-0.3, -0.25) is 0 Å². The second-order valence-electron chi connectivity index (χ2n) is 3.30. The van der Waals surface area contributed by atoms with Crippen LogP contribution in [0, 0.1) is 5.92 Å². The molecular formula is C10H10O. The van der Waals surface area contributed by atoms with Gasteiger partial charge in [0.05, 0.1) is 12.2 Å². The molecule has 2 aliphatic heterocycles. The fourth-order valence-electron chi connectivity index (χ4n) is 2.15. The molecule has 1 fully saturated rings. The Morgan fingerprint density at radius 1 is 1.27 bits per heavy atom. The molecule has 3 rings (SSSR count). The molecule has 3 aliphatic rings. The van der Waals surface area contributed by atoms with Gasteiger partial charge in [0, 0.05) is 5.92 Å². The Bertz CT molecular complexity index is 273. The number of hydrogen-bond donors (Lipinski definition) is 0. The summed E-state index contributed by atoms with van der Waals surface area (Å²) in [4.78, 5) is 0. The summed E-state index contributed by atoms with van der Waals surface area (Å²) in [6.45, 7) is 0. The van der Waals surface area contributed by atoms with E-state index in [0.717, 1.165) is 6.42 Å². The molecule has 0 amide bonds. The molecule has 1 aliphatic carbocycles. The van der Waals surface area contributed by atoms with Gasteiger partial charge in [-0.1, -0.05) is 30.4 Å². The first-order valence-electron chi connectivity index (χ1n) is 4.15. The zero-order chi connectivity index (χ0) is 7.26. The normalized spacial score (nSPS) is 44.4. The topological polar surface area (TPSA) is 9.23 Å². The number of ether oxygens (including phenoxy) is 1. The van der Waals surface area contributed by atoms with Crippen molar-refractivity contribution in [2.75, 3.05) is 0 Å². The summed E-state index contributed by atoms with van der Waals surface area (Å²) < 4.78 is 5.69. The van der Waals surface area contributed by atoms with Crippen LogP contribution in [0.1, 0.15) is 6.42 Å². The Morgan fingerprint density at radius 2 is 2.27 bits per heavy atom. The van der Waals surface area contributed by atoms with Crippen molar-refractivity contribution in [1.29, 1.82) is 0 Å². The fourth-order valence-corrected chi connectivity index (χ4v) is 2.15. The molecule has 0 spiro atoms. The highest BCUT2D eigenvalue weighted by atomic mass is 16.5. The van der Waals surface area contributed by atoms with Crippen LogP contribution in [0.3, 0.4) is 0 Å². The third-order valence-corrected chi connectivity index (χ3v) is 2.68. The molecule has 0 unspecified atom stereocenters. The second-order valence-corrected chi connectivity index (χ2v) is 3.30. The van der Waals surface area contributed by atoms with Gasteiger partial charge in [-0.25, -0.2) is 0 Å². The van der Waals surface area contributed by atoms with E-state index < -0.39 is 0 Å². The monoisotopic (exact) mass is 146 g/mol. The van der Waals surface area contributed by atoms with Crippen LogP contribution in [-0.4, -0.2) is 12.2 Å². The van der Waals surface area contributed by atoms with Crippen molar-refractivity contribution in [1.82, 2.24) is 0 Å². The van der Waals surface area contributed by atoms with Crippen molar-refractivity contribution < 1.29 is 4.74 Å². The molecule has 0 aromatic heterocycles. The summed E-state index contributed by atoms with van der Waals surface area (Å²) in [5, 5.41) is 0. The van der Waals surface area contributed by atoms with Crippen molar-refractivity contribution in [3.63, 3.8) is 0 Å². The van der Waals surface area contributed by atoms with Crippen LogP contribution in [0.4, 0.5) is 0 Å². The smallest absolute Gasteiger partial charge is 0.0983 e. The summed E-state index contributed by atoms with van der Waals surface area (Å²) in [6.07, 6.45) is 12.9. The molecule has 2 heterocycles. The van der Waals surface area contributed by atoms with Crippen LogP contribution in [0.25, 0.3) is 0 Å². The van der Waals surface area contributed by atoms with Crippen molar-refractivity contribution in [2.45, 2.75) is 18.6 Å². The van der Waals surface area contributed by atoms with Crippen LogP contribution < -0.4 is 0 Å².